The van der Waals surface area contributed by atoms with Crippen molar-refractivity contribution in [3.05, 3.63) is 0 Å². The first-order chi connectivity index (χ1) is 7.39. The van der Waals surface area contributed by atoms with Gasteiger partial charge in [-0.25, -0.2) is 0 Å². The van der Waals surface area contributed by atoms with Crippen molar-refractivity contribution in [2.45, 2.75) is 63.8 Å². The van der Waals surface area contributed by atoms with Crippen LogP contribution in [0.4, 0.5) is 0 Å². The lowest BCUT2D eigenvalue weighted by atomic mass is 9.98. The second-order valence-electron chi connectivity index (χ2n) is 6.29. The van der Waals surface area contributed by atoms with Gasteiger partial charge in [0.05, 0.1) is 17.3 Å². The zero-order valence-electron chi connectivity index (χ0n) is 10.8. The molecule has 0 amide bonds. The van der Waals surface area contributed by atoms with Gasteiger partial charge >= 0.3 is 0 Å². The Balaban J connectivity index is 1.94. The first kappa shape index (κ1) is 12.3. The van der Waals surface area contributed by atoms with Crippen LogP contribution in [0.2, 0.25) is 0 Å². The molecule has 3 heteroatoms. The summed E-state index contributed by atoms with van der Waals surface area (Å²) in [6.07, 6.45) is 4.58. The topological polar surface area (TPSA) is 32.7 Å². The molecule has 0 aromatic rings. The van der Waals surface area contributed by atoms with Gasteiger partial charge in [-0.05, 0) is 33.6 Å². The minimum atomic E-state index is -0.423. The van der Waals surface area contributed by atoms with Crippen molar-refractivity contribution < 1.29 is 9.84 Å². The van der Waals surface area contributed by atoms with E-state index < -0.39 is 5.60 Å². The van der Waals surface area contributed by atoms with Crippen molar-refractivity contribution in [3.8, 4) is 0 Å². The van der Waals surface area contributed by atoms with Gasteiger partial charge < -0.3 is 9.84 Å². The average molecular weight is 227 g/mol. The fourth-order valence-corrected chi connectivity index (χ4v) is 3.31. The minimum absolute atomic E-state index is 0.0768. The Morgan fingerprint density at radius 3 is 2.50 bits per heavy atom. The monoisotopic (exact) mass is 227 g/mol. The minimum Gasteiger partial charge on any atom is -0.389 e. The Kier molecular flexibility index (Phi) is 3.30. The summed E-state index contributed by atoms with van der Waals surface area (Å²) < 4.78 is 5.88. The van der Waals surface area contributed by atoms with Crippen molar-refractivity contribution in [3.63, 3.8) is 0 Å². The third-order valence-corrected chi connectivity index (χ3v) is 3.69. The molecule has 94 valence electrons. The van der Waals surface area contributed by atoms with Gasteiger partial charge in [-0.2, -0.15) is 0 Å². The first-order valence-corrected chi connectivity index (χ1v) is 6.51. The predicted molar refractivity (Wildman–Crippen MR) is 64.5 cm³/mol. The summed E-state index contributed by atoms with van der Waals surface area (Å²) in [6, 6.07) is 0. The van der Waals surface area contributed by atoms with Gasteiger partial charge in [-0.1, -0.05) is 12.8 Å². The zero-order chi connectivity index (χ0) is 11.8. The van der Waals surface area contributed by atoms with E-state index in [2.05, 4.69) is 25.7 Å². The SMILES string of the molecule is CC1CN(CC2(O)CCCC2)CC(C)(C)O1. The van der Waals surface area contributed by atoms with Crippen LogP contribution in [0, 0.1) is 0 Å². The fourth-order valence-electron chi connectivity index (χ4n) is 3.31. The van der Waals surface area contributed by atoms with Crippen LogP contribution in [0.5, 0.6) is 0 Å². The lowest BCUT2D eigenvalue weighted by molar-refractivity contribution is -0.141. The van der Waals surface area contributed by atoms with Crippen LogP contribution >= 0.6 is 0 Å². The van der Waals surface area contributed by atoms with Crippen molar-refractivity contribution in [2.75, 3.05) is 19.6 Å². The number of morpholine rings is 1. The van der Waals surface area contributed by atoms with E-state index in [0.717, 1.165) is 32.5 Å². The molecule has 2 fully saturated rings. The Bertz CT molecular complexity index is 246. The highest BCUT2D eigenvalue weighted by Gasteiger charge is 2.37. The van der Waals surface area contributed by atoms with E-state index in [4.69, 9.17) is 4.74 Å². The van der Waals surface area contributed by atoms with E-state index in [0.29, 0.717) is 0 Å². The highest BCUT2D eigenvalue weighted by molar-refractivity contribution is 4.91. The molecule has 1 unspecified atom stereocenters. The number of hydrogen-bond acceptors (Lipinski definition) is 3. The number of aliphatic hydroxyl groups is 1. The van der Waals surface area contributed by atoms with Gasteiger partial charge in [0, 0.05) is 19.6 Å². The highest BCUT2D eigenvalue weighted by atomic mass is 16.5. The largest absolute Gasteiger partial charge is 0.389 e. The molecule has 1 saturated heterocycles. The fraction of sp³-hybridized carbons (Fsp3) is 1.00. The normalized spacial score (nSPS) is 34.1. The lowest BCUT2D eigenvalue weighted by Gasteiger charge is -2.44. The maximum atomic E-state index is 10.4. The molecule has 1 N–H and O–H groups in total. The molecule has 0 aromatic carbocycles. The van der Waals surface area contributed by atoms with Gasteiger partial charge in [0.1, 0.15) is 0 Å². The number of rotatable bonds is 2. The number of ether oxygens (including phenoxy) is 1. The third kappa shape index (κ3) is 2.96. The molecule has 2 aliphatic rings. The van der Waals surface area contributed by atoms with Crippen LogP contribution in [-0.2, 0) is 4.74 Å². The molecule has 16 heavy (non-hydrogen) atoms. The molecular weight excluding hydrogens is 202 g/mol. The van der Waals surface area contributed by atoms with Crippen LogP contribution in [0.15, 0.2) is 0 Å². The van der Waals surface area contributed by atoms with Gasteiger partial charge in [0.2, 0.25) is 0 Å². The third-order valence-electron chi connectivity index (χ3n) is 3.69. The summed E-state index contributed by atoms with van der Waals surface area (Å²) in [4.78, 5) is 2.37. The summed E-state index contributed by atoms with van der Waals surface area (Å²) in [7, 11) is 0. The van der Waals surface area contributed by atoms with Crippen molar-refractivity contribution >= 4 is 0 Å². The van der Waals surface area contributed by atoms with Crippen LogP contribution < -0.4 is 0 Å². The Morgan fingerprint density at radius 1 is 1.31 bits per heavy atom. The molecular formula is C13H25NO2. The van der Waals surface area contributed by atoms with E-state index in [1.165, 1.54) is 12.8 Å². The average Bonchev–Trinajstić information content (AvgIpc) is 2.47. The van der Waals surface area contributed by atoms with Crippen LogP contribution in [0.25, 0.3) is 0 Å². The molecule has 1 saturated carbocycles. The summed E-state index contributed by atoms with van der Waals surface area (Å²) in [5.74, 6) is 0. The molecule has 0 radical (unpaired) electrons. The summed E-state index contributed by atoms with van der Waals surface area (Å²) >= 11 is 0. The molecule has 0 spiro atoms. The molecule has 3 nitrogen and oxygen atoms in total. The Labute approximate surface area is 98.8 Å². The van der Waals surface area contributed by atoms with E-state index in [1.54, 1.807) is 0 Å². The van der Waals surface area contributed by atoms with Gasteiger partial charge in [0.25, 0.3) is 0 Å². The van der Waals surface area contributed by atoms with Crippen LogP contribution in [-0.4, -0.2) is 46.9 Å². The maximum Gasteiger partial charge on any atom is 0.0774 e. The molecule has 1 aliphatic carbocycles. The molecule has 0 aromatic heterocycles. The number of hydrogen-bond donors (Lipinski definition) is 1. The molecule has 1 heterocycles. The van der Waals surface area contributed by atoms with E-state index in [9.17, 15) is 5.11 Å². The van der Waals surface area contributed by atoms with Crippen LogP contribution in [0.3, 0.4) is 0 Å². The Morgan fingerprint density at radius 2 is 1.94 bits per heavy atom. The van der Waals surface area contributed by atoms with Gasteiger partial charge in [0.15, 0.2) is 0 Å². The standard InChI is InChI=1S/C13H25NO2/c1-11-8-14(9-12(2,3)16-11)10-13(15)6-4-5-7-13/h11,15H,4-10H2,1-3H3. The highest BCUT2D eigenvalue weighted by Crippen LogP contribution is 2.32. The van der Waals surface area contributed by atoms with Gasteiger partial charge in [-0.3, -0.25) is 4.90 Å². The lowest BCUT2D eigenvalue weighted by Crippen LogP contribution is -2.55. The zero-order valence-corrected chi connectivity index (χ0v) is 10.8. The molecule has 1 atom stereocenters. The second-order valence-corrected chi connectivity index (χ2v) is 6.29. The number of β-amino-alcohol motifs (C(OH)–C–C–N with tert-alkyl or cyclic N) is 1. The second kappa shape index (κ2) is 4.28. The molecule has 2 rings (SSSR count). The predicted octanol–water partition coefficient (Wildman–Crippen LogP) is 1.79. The summed E-state index contributed by atoms with van der Waals surface area (Å²) in [5.41, 5.74) is -0.500. The van der Waals surface area contributed by atoms with Crippen molar-refractivity contribution in [1.82, 2.24) is 4.90 Å². The van der Waals surface area contributed by atoms with E-state index >= 15 is 0 Å². The van der Waals surface area contributed by atoms with E-state index in [1.807, 2.05) is 0 Å². The number of nitrogens with zero attached hydrogens (tertiary/aromatic N) is 1. The van der Waals surface area contributed by atoms with E-state index in [-0.39, 0.29) is 11.7 Å². The van der Waals surface area contributed by atoms with Crippen molar-refractivity contribution in [1.29, 1.82) is 0 Å². The van der Waals surface area contributed by atoms with Gasteiger partial charge in [-0.15, -0.1) is 0 Å². The molecule has 1 aliphatic heterocycles. The Hall–Kier alpha value is -0.120. The molecule has 0 bridgehead atoms. The first-order valence-electron chi connectivity index (χ1n) is 6.51. The summed E-state index contributed by atoms with van der Waals surface area (Å²) in [6.45, 7) is 9.09. The maximum absolute atomic E-state index is 10.4. The smallest absolute Gasteiger partial charge is 0.0774 e. The quantitative estimate of drug-likeness (QED) is 0.780. The summed E-state index contributed by atoms with van der Waals surface area (Å²) in [5, 5.41) is 10.4. The van der Waals surface area contributed by atoms with Crippen LogP contribution in [0.1, 0.15) is 46.5 Å². The van der Waals surface area contributed by atoms with Crippen molar-refractivity contribution in [2.24, 2.45) is 0 Å².